The molecule has 3 fully saturated rings. The highest BCUT2D eigenvalue weighted by Crippen LogP contribution is 2.31. The number of aliphatic hydroxyl groups is 1. The van der Waals surface area contributed by atoms with Crippen molar-refractivity contribution in [2.24, 2.45) is 5.92 Å². The largest absolute Gasteiger partial charge is 0.481 e. The Hall–Kier alpha value is -3.02. The highest BCUT2D eigenvalue weighted by atomic mass is 35.5. The number of ether oxygens (including phenoxy) is 1. The predicted molar refractivity (Wildman–Crippen MR) is 160 cm³/mol. The average molecular weight is 614 g/mol. The molecule has 10 nitrogen and oxygen atoms in total. The van der Waals surface area contributed by atoms with Crippen molar-refractivity contribution in [2.45, 2.75) is 44.4 Å². The minimum atomic E-state index is -0.734. The maximum atomic E-state index is 11.1. The van der Waals surface area contributed by atoms with Gasteiger partial charge in [0.1, 0.15) is 0 Å². The van der Waals surface area contributed by atoms with E-state index in [1.54, 1.807) is 18.5 Å². The molecule has 1 aromatic carbocycles. The van der Waals surface area contributed by atoms with E-state index in [1.807, 2.05) is 24.3 Å². The van der Waals surface area contributed by atoms with Crippen LogP contribution in [-0.2, 0) is 11.3 Å². The molecular weight excluding hydrogens is 579 g/mol. The van der Waals surface area contributed by atoms with Crippen LogP contribution < -0.4 is 9.64 Å². The van der Waals surface area contributed by atoms with Crippen molar-refractivity contribution < 1.29 is 19.7 Å². The van der Waals surface area contributed by atoms with Crippen molar-refractivity contribution in [1.29, 1.82) is 0 Å². The third-order valence-corrected chi connectivity index (χ3v) is 8.75. The Kier molecular flexibility index (Phi) is 8.78. The summed E-state index contributed by atoms with van der Waals surface area (Å²) in [5, 5.41) is 20.2. The SMILES string of the molecule is O=C(O)CC1CCN(Cc2cc(Oc3cnc(N4CCN5C[C@@H](O)C[C@@H]5C4)nc3)nc(-c3cc(Cl)cc(Cl)c3)c2)CC1. The second kappa shape index (κ2) is 12.7. The molecule has 3 aliphatic heterocycles. The zero-order chi connectivity index (χ0) is 29.2. The van der Waals surface area contributed by atoms with Gasteiger partial charge in [-0.1, -0.05) is 23.2 Å². The second-order valence-corrected chi connectivity index (χ2v) is 12.4. The number of anilines is 1. The summed E-state index contributed by atoms with van der Waals surface area (Å²) in [5.41, 5.74) is 2.47. The van der Waals surface area contributed by atoms with Gasteiger partial charge in [-0.2, -0.15) is 0 Å². The van der Waals surface area contributed by atoms with Crippen LogP contribution in [0.4, 0.5) is 5.95 Å². The van der Waals surface area contributed by atoms with E-state index in [9.17, 15) is 9.90 Å². The van der Waals surface area contributed by atoms with E-state index in [-0.39, 0.29) is 18.4 Å². The van der Waals surface area contributed by atoms with E-state index in [4.69, 9.17) is 38.0 Å². The third-order valence-electron chi connectivity index (χ3n) is 8.31. The molecule has 5 heterocycles. The van der Waals surface area contributed by atoms with Gasteiger partial charge in [0.05, 0.1) is 24.2 Å². The fraction of sp³-hybridized carbons (Fsp3) is 0.467. The van der Waals surface area contributed by atoms with Crippen molar-refractivity contribution in [3.63, 3.8) is 0 Å². The standard InChI is InChI=1S/C30H34Cl2N6O4/c31-22-10-21(11-23(32)12-22)27-7-20(16-36-3-1-19(2-4-36)9-29(40)41)8-28(35-27)42-26-14-33-30(34-15-26)38-6-5-37-18-25(39)13-24(37)17-38/h7-8,10-12,14-15,19,24-25,39H,1-6,9,13,16-18H2,(H,40,41)/t24-,25+/m1/s1. The summed E-state index contributed by atoms with van der Waals surface area (Å²) in [5.74, 6) is 1.01. The van der Waals surface area contributed by atoms with Gasteiger partial charge in [0, 0.05) is 66.9 Å². The lowest BCUT2D eigenvalue weighted by atomic mass is 9.93. The normalized spacial score (nSPS) is 21.8. The number of fused-ring (bicyclic) bond motifs is 1. The van der Waals surface area contributed by atoms with Gasteiger partial charge in [-0.3, -0.25) is 14.6 Å². The Morgan fingerprint density at radius 2 is 1.71 bits per heavy atom. The molecule has 2 atom stereocenters. The summed E-state index contributed by atoms with van der Waals surface area (Å²) in [7, 11) is 0. The summed E-state index contributed by atoms with van der Waals surface area (Å²) in [6.07, 6.45) is 5.79. The first-order chi connectivity index (χ1) is 20.3. The van der Waals surface area contributed by atoms with Crippen molar-refractivity contribution in [1.82, 2.24) is 24.8 Å². The van der Waals surface area contributed by atoms with Crippen molar-refractivity contribution in [3.05, 3.63) is 58.3 Å². The van der Waals surface area contributed by atoms with E-state index in [0.29, 0.717) is 45.9 Å². The first-order valence-electron chi connectivity index (χ1n) is 14.4. The Morgan fingerprint density at radius 1 is 0.976 bits per heavy atom. The number of hydrogen-bond acceptors (Lipinski definition) is 9. The highest BCUT2D eigenvalue weighted by molar-refractivity contribution is 6.35. The summed E-state index contributed by atoms with van der Waals surface area (Å²) in [6, 6.07) is 9.57. The monoisotopic (exact) mass is 612 g/mol. The van der Waals surface area contributed by atoms with E-state index in [0.717, 1.165) is 69.7 Å². The second-order valence-electron chi connectivity index (χ2n) is 11.5. The van der Waals surface area contributed by atoms with E-state index in [2.05, 4.69) is 24.7 Å². The number of hydrogen-bond donors (Lipinski definition) is 2. The molecule has 6 rings (SSSR count). The summed E-state index contributed by atoms with van der Waals surface area (Å²) < 4.78 is 6.17. The zero-order valence-electron chi connectivity index (χ0n) is 23.2. The molecule has 3 aromatic rings. The minimum Gasteiger partial charge on any atom is -0.481 e. The van der Waals surface area contributed by atoms with Crippen molar-refractivity contribution in [3.8, 4) is 22.9 Å². The lowest BCUT2D eigenvalue weighted by Gasteiger charge is -2.37. The maximum absolute atomic E-state index is 11.1. The highest BCUT2D eigenvalue weighted by Gasteiger charge is 2.36. The topological polar surface area (TPSA) is 115 Å². The van der Waals surface area contributed by atoms with Gasteiger partial charge in [-0.25, -0.2) is 15.0 Å². The smallest absolute Gasteiger partial charge is 0.303 e. The predicted octanol–water partition coefficient (Wildman–Crippen LogP) is 4.58. The van der Waals surface area contributed by atoms with Crippen LogP contribution in [0, 0.1) is 5.92 Å². The quantitative estimate of drug-likeness (QED) is 0.374. The van der Waals surface area contributed by atoms with Crippen LogP contribution in [0.3, 0.4) is 0 Å². The number of benzene rings is 1. The zero-order valence-corrected chi connectivity index (χ0v) is 24.7. The van der Waals surface area contributed by atoms with Gasteiger partial charge in [0.2, 0.25) is 11.8 Å². The number of pyridine rings is 1. The Morgan fingerprint density at radius 3 is 2.43 bits per heavy atom. The molecule has 12 heteroatoms. The molecule has 0 radical (unpaired) electrons. The van der Waals surface area contributed by atoms with Gasteiger partial charge >= 0.3 is 5.97 Å². The number of aliphatic carboxylic acids is 1. The Bertz CT molecular complexity index is 1400. The minimum absolute atomic E-state index is 0.218. The van der Waals surface area contributed by atoms with Gasteiger partial charge < -0.3 is 19.8 Å². The molecule has 0 amide bonds. The average Bonchev–Trinajstić information content (AvgIpc) is 3.33. The van der Waals surface area contributed by atoms with E-state index in [1.165, 1.54) is 0 Å². The molecule has 0 aliphatic carbocycles. The molecule has 222 valence electrons. The van der Waals surface area contributed by atoms with Crippen molar-refractivity contribution in [2.75, 3.05) is 44.2 Å². The first kappa shape index (κ1) is 29.1. The lowest BCUT2D eigenvalue weighted by molar-refractivity contribution is -0.138. The molecule has 2 N–H and O–H groups in total. The van der Waals surface area contributed by atoms with Gasteiger partial charge in [0.25, 0.3) is 0 Å². The lowest BCUT2D eigenvalue weighted by Crippen LogP contribution is -2.50. The number of carboxylic acids is 1. The third kappa shape index (κ3) is 7.12. The van der Waals surface area contributed by atoms with Gasteiger partial charge in [0.15, 0.2) is 5.75 Å². The number of aromatic nitrogens is 3. The van der Waals surface area contributed by atoms with Crippen LogP contribution in [-0.4, -0.2) is 92.3 Å². The van der Waals surface area contributed by atoms with Crippen molar-refractivity contribution >= 4 is 35.1 Å². The summed E-state index contributed by atoms with van der Waals surface area (Å²) >= 11 is 12.6. The number of piperazine rings is 1. The number of aliphatic hydroxyl groups excluding tert-OH is 1. The number of halogens is 2. The molecule has 0 saturated carbocycles. The van der Waals surface area contributed by atoms with E-state index < -0.39 is 5.97 Å². The molecule has 3 aliphatic rings. The van der Waals surface area contributed by atoms with Crippen LogP contribution in [0.5, 0.6) is 11.6 Å². The van der Waals surface area contributed by atoms with Crippen LogP contribution in [0.1, 0.15) is 31.2 Å². The number of nitrogens with zero attached hydrogens (tertiary/aromatic N) is 6. The summed E-state index contributed by atoms with van der Waals surface area (Å²) in [4.78, 5) is 31.8. The molecule has 0 spiro atoms. The fourth-order valence-electron chi connectivity index (χ4n) is 6.25. The Labute approximate surface area is 254 Å². The molecule has 0 bridgehead atoms. The fourth-order valence-corrected chi connectivity index (χ4v) is 6.78. The molecule has 0 unspecified atom stereocenters. The van der Waals surface area contributed by atoms with Crippen LogP contribution >= 0.6 is 23.2 Å². The van der Waals surface area contributed by atoms with E-state index >= 15 is 0 Å². The Balaban J connectivity index is 1.19. The summed E-state index contributed by atoms with van der Waals surface area (Å²) in [6.45, 7) is 5.57. The van der Waals surface area contributed by atoms with Crippen LogP contribution in [0.25, 0.3) is 11.3 Å². The molecular formula is C30H34Cl2N6O4. The van der Waals surface area contributed by atoms with Gasteiger partial charge in [-0.15, -0.1) is 0 Å². The number of piperidine rings is 1. The number of carboxylic acid groups (broad SMARTS) is 1. The van der Waals surface area contributed by atoms with Crippen LogP contribution in [0.2, 0.25) is 10.0 Å². The maximum Gasteiger partial charge on any atom is 0.303 e. The number of likely N-dealkylation sites (tertiary alicyclic amines) is 1. The van der Waals surface area contributed by atoms with Crippen LogP contribution in [0.15, 0.2) is 42.7 Å². The molecule has 42 heavy (non-hydrogen) atoms. The van der Waals surface area contributed by atoms with Gasteiger partial charge in [-0.05, 0) is 68.1 Å². The molecule has 2 aromatic heterocycles. The number of carbonyl (C=O) groups is 1. The molecule has 3 saturated heterocycles. The first-order valence-corrected chi connectivity index (χ1v) is 15.1. The number of rotatable bonds is 8.